The van der Waals surface area contributed by atoms with Crippen LogP contribution in [0.4, 0.5) is 0 Å². The number of hydrogen-bond donors (Lipinski definition) is 0. The number of para-hydroxylation sites is 1. The number of hydrogen-bond acceptors (Lipinski definition) is 1. The molecule has 122 valence electrons. The molecule has 0 aliphatic heterocycles. The number of rotatable bonds is 0. The first kappa shape index (κ1) is 14.9. The Morgan fingerprint density at radius 3 is 2.00 bits per heavy atom. The van der Waals surface area contributed by atoms with E-state index in [0.717, 1.165) is 20.2 Å². The van der Waals surface area contributed by atoms with Crippen molar-refractivity contribution in [2.45, 2.75) is 0 Å². The van der Waals surface area contributed by atoms with Crippen molar-refractivity contribution in [2.75, 3.05) is 0 Å². The standard InChI is InChI=1S/C23H11Br2N/c24-13-5-7-15-17(10-13)18-11-14(25)6-8-16(18)22-21(15)19-9-12-3-1-2-4-20(12)26-23(19)22/h1-11H. The summed E-state index contributed by atoms with van der Waals surface area (Å²) in [5, 5.41) is 6.28. The molecule has 5 aromatic rings. The molecule has 0 unspecified atom stereocenters. The van der Waals surface area contributed by atoms with E-state index in [1.165, 1.54) is 43.6 Å². The summed E-state index contributed by atoms with van der Waals surface area (Å²) in [6.07, 6.45) is 0. The lowest BCUT2D eigenvalue weighted by Gasteiger charge is -2.28. The first-order valence-electron chi connectivity index (χ1n) is 8.46. The lowest BCUT2D eigenvalue weighted by molar-refractivity contribution is 1.38. The van der Waals surface area contributed by atoms with Crippen molar-refractivity contribution < 1.29 is 0 Å². The molecular weight excluding hydrogens is 450 g/mol. The molecule has 4 aromatic carbocycles. The summed E-state index contributed by atoms with van der Waals surface area (Å²) in [5.74, 6) is 0. The highest BCUT2D eigenvalue weighted by atomic mass is 79.9. The maximum Gasteiger partial charge on any atom is 0.0801 e. The van der Waals surface area contributed by atoms with E-state index in [9.17, 15) is 0 Å². The zero-order valence-electron chi connectivity index (χ0n) is 13.6. The molecular formula is C23H11Br2N. The highest BCUT2D eigenvalue weighted by Crippen LogP contribution is 2.54. The van der Waals surface area contributed by atoms with E-state index >= 15 is 0 Å². The van der Waals surface area contributed by atoms with Crippen molar-refractivity contribution in [1.29, 1.82) is 0 Å². The Morgan fingerprint density at radius 2 is 1.27 bits per heavy atom. The number of pyridine rings is 1. The minimum Gasteiger partial charge on any atom is -0.247 e. The smallest absolute Gasteiger partial charge is 0.0801 e. The molecule has 0 saturated heterocycles. The molecule has 0 saturated carbocycles. The summed E-state index contributed by atoms with van der Waals surface area (Å²) in [5.41, 5.74) is 6.04. The van der Waals surface area contributed by atoms with Crippen LogP contribution in [0, 0.1) is 0 Å². The van der Waals surface area contributed by atoms with Gasteiger partial charge in [0.2, 0.25) is 0 Å². The van der Waals surface area contributed by atoms with E-state index in [-0.39, 0.29) is 0 Å². The number of benzene rings is 4. The molecule has 0 spiro atoms. The number of fused-ring (bicyclic) bond motifs is 10. The van der Waals surface area contributed by atoms with E-state index in [1.807, 2.05) is 0 Å². The van der Waals surface area contributed by atoms with Gasteiger partial charge in [-0.05, 0) is 57.9 Å². The second kappa shape index (κ2) is 5.15. The van der Waals surface area contributed by atoms with Gasteiger partial charge in [-0.15, -0.1) is 0 Å². The Hall–Kier alpha value is -2.23. The van der Waals surface area contributed by atoms with Crippen LogP contribution in [0.25, 0.3) is 54.8 Å². The number of aromatic nitrogens is 1. The van der Waals surface area contributed by atoms with Crippen LogP contribution in [-0.2, 0) is 0 Å². The van der Waals surface area contributed by atoms with Gasteiger partial charge in [0.15, 0.2) is 0 Å². The molecule has 0 amide bonds. The van der Waals surface area contributed by atoms with Gasteiger partial charge in [-0.3, -0.25) is 0 Å². The van der Waals surface area contributed by atoms with E-state index in [1.54, 1.807) is 0 Å². The largest absolute Gasteiger partial charge is 0.247 e. The molecule has 0 atom stereocenters. The zero-order chi connectivity index (χ0) is 17.4. The summed E-state index contributed by atoms with van der Waals surface area (Å²) in [4.78, 5) is 4.98. The van der Waals surface area contributed by atoms with Gasteiger partial charge in [-0.1, -0.05) is 62.2 Å². The van der Waals surface area contributed by atoms with Crippen molar-refractivity contribution in [1.82, 2.24) is 4.98 Å². The van der Waals surface area contributed by atoms with Gasteiger partial charge < -0.3 is 0 Å². The predicted octanol–water partition coefficient (Wildman–Crippen LogP) is 7.71. The van der Waals surface area contributed by atoms with Crippen LogP contribution in [0.1, 0.15) is 0 Å². The molecule has 1 heterocycles. The van der Waals surface area contributed by atoms with Crippen LogP contribution >= 0.6 is 31.9 Å². The van der Waals surface area contributed by atoms with E-state index in [2.05, 4.69) is 98.6 Å². The topological polar surface area (TPSA) is 12.9 Å². The van der Waals surface area contributed by atoms with Gasteiger partial charge in [0, 0.05) is 31.0 Å². The van der Waals surface area contributed by atoms with Gasteiger partial charge in [-0.2, -0.15) is 0 Å². The van der Waals surface area contributed by atoms with Crippen LogP contribution in [0.3, 0.4) is 0 Å². The lowest BCUT2D eigenvalue weighted by atomic mass is 9.77. The Bertz CT molecular complexity index is 1300. The second-order valence-electron chi connectivity index (χ2n) is 6.71. The molecule has 26 heavy (non-hydrogen) atoms. The van der Waals surface area contributed by atoms with Crippen LogP contribution < -0.4 is 0 Å². The molecule has 0 N–H and O–H groups in total. The second-order valence-corrected chi connectivity index (χ2v) is 8.54. The molecule has 3 heteroatoms. The molecule has 1 aliphatic rings. The summed E-state index contributed by atoms with van der Waals surface area (Å²) < 4.78 is 2.19. The molecule has 1 aliphatic carbocycles. The van der Waals surface area contributed by atoms with Crippen molar-refractivity contribution in [2.24, 2.45) is 0 Å². The summed E-state index contributed by atoms with van der Waals surface area (Å²) in [6, 6.07) is 23.7. The highest BCUT2D eigenvalue weighted by molar-refractivity contribution is 9.10. The SMILES string of the molecule is Brc1ccc2c3c(c4ccc(Br)cc4c2c1)-c1nc2ccccc2cc1-3. The fourth-order valence-corrected chi connectivity index (χ4v) is 4.87. The Morgan fingerprint density at radius 1 is 0.615 bits per heavy atom. The predicted molar refractivity (Wildman–Crippen MR) is 117 cm³/mol. The van der Waals surface area contributed by atoms with Gasteiger partial charge in [0.05, 0.1) is 11.2 Å². The quantitative estimate of drug-likeness (QED) is 0.211. The molecule has 0 fully saturated rings. The van der Waals surface area contributed by atoms with Gasteiger partial charge >= 0.3 is 0 Å². The Balaban J connectivity index is 1.83. The van der Waals surface area contributed by atoms with Crippen molar-refractivity contribution in [3.05, 3.63) is 75.7 Å². The van der Waals surface area contributed by atoms with Crippen molar-refractivity contribution >= 4 is 64.3 Å². The van der Waals surface area contributed by atoms with Gasteiger partial charge in [0.25, 0.3) is 0 Å². The van der Waals surface area contributed by atoms with Crippen LogP contribution in [0.15, 0.2) is 75.7 Å². The minimum atomic E-state index is 1.05. The Labute approximate surface area is 166 Å². The molecule has 1 nitrogen and oxygen atoms in total. The normalized spacial score (nSPS) is 12.2. The molecule has 1 aromatic heterocycles. The monoisotopic (exact) mass is 459 g/mol. The van der Waals surface area contributed by atoms with E-state index < -0.39 is 0 Å². The number of nitrogens with zero attached hydrogens (tertiary/aromatic N) is 1. The average molecular weight is 461 g/mol. The Kier molecular flexibility index (Phi) is 2.95. The third kappa shape index (κ3) is 1.88. The highest BCUT2D eigenvalue weighted by Gasteiger charge is 2.29. The fraction of sp³-hybridized carbons (Fsp3) is 0. The molecule has 6 rings (SSSR count). The molecule has 0 radical (unpaired) electrons. The third-order valence-electron chi connectivity index (χ3n) is 5.27. The first-order chi connectivity index (χ1) is 12.7. The zero-order valence-corrected chi connectivity index (χ0v) is 16.7. The van der Waals surface area contributed by atoms with Gasteiger partial charge in [0.1, 0.15) is 0 Å². The maximum atomic E-state index is 4.98. The summed E-state index contributed by atoms with van der Waals surface area (Å²) in [7, 11) is 0. The minimum absolute atomic E-state index is 1.05. The van der Waals surface area contributed by atoms with Crippen LogP contribution in [-0.4, -0.2) is 4.98 Å². The van der Waals surface area contributed by atoms with E-state index in [4.69, 9.17) is 4.98 Å². The first-order valence-corrected chi connectivity index (χ1v) is 10.0. The summed E-state index contributed by atoms with van der Waals surface area (Å²) in [6.45, 7) is 0. The number of halogens is 2. The maximum absolute atomic E-state index is 4.98. The van der Waals surface area contributed by atoms with Gasteiger partial charge in [-0.25, -0.2) is 4.98 Å². The average Bonchev–Trinajstić information content (AvgIpc) is 2.65. The van der Waals surface area contributed by atoms with Crippen LogP contribution in [0.5, 0.6) is 0 Å². The molecule has 0 bridgehead atoms. The van der Waals surface area contributed by atoms with Crippen LogP contribution in [0.2, 0.25) is 0 Å². The van der Waals surface area contributed by atoms with E-state index in [0.29, 0.717) is 0 Å². The third-order valence-corrected chi connectivity index (χ3v) is 6.26. The lowest BCUT2D eigenvalue weighted by Crippen LogP contribution is -2.04. The fourth-order valence-electron chi connectivity index (χ4n) is 4.14. The summed E-state index contributed by atoms with van der Waals surface area (Å²) >= 11 is 7.27. The van der Waals surface area contributed by atoms with Crippen molar-refractivity contribution in [3.8, 4) is 22.4 Å². The van der Waals surface area contributed by atoms with Crippen molar-refractivity contribution in [3.63, 3.8) is 0 Å².